The highest BCUT2D eigenvalue weighted by Crippen LogP contribution is 2.27. The fraction of sp³-hybridized carbons (Fsp3) is 0.238. The minimum Gasteiger partial charge on any atom is -0.489 e. The molecule has 0 radical (unpaired) electrons. The third-order valence-corrected chi connectivity index (χ3v) is 3.99. The van der Waals surface area contributed by atoms with E-state index in [-0.39, 0.29) is 5.69 Å². The van der Waals surface area contributed by atoms with Crippen LogP contribution in [0.2, 0.25) is 0 Å². The fourth-order valence-corrected chi connectivity index (χ4v) is 2.50. The van der Waals surface area contributed by atoms with Gasteiger partial charge in [-0.15, -0.1) is 0 Å². The van der Waals surface area contributed by atoms with E-state index >= 15 is 0 Å². The molecule has 27 heavy (non-hydrogen) atoms. The second-order valence-electron chi connectivity index (χ2n) is 6.49. The van der Waals surface area contributed by atoms with Crippen molar-refractivity contribution >= 4 is 5.88 Å². The molecule has 138 valence electrons. The maximum Gasteiger partial charge on any atom is 0.232 e. The van der Waals surface area contributed by atoms with Crippen molar-refractivity contribution in [2.24, 2.45) is 0 Å². The first-order chi connectivity index (χ1) is 13.2. The van der Waals surface area contributed by atoms with Crippen LogP contribution in [-0.2, 0) is 6.61 Å². The number of hydrogen-bond donors (Lipinski definition) is 2. The number of hydrogen-bond acceptors (Lipinski definition) is 5. The summed E-state index contributed by atoms with van der Waals surface area (Å²) in [6.07, 6.45) is 0. The van der Waals surface area contributed by atoms with Crippen LogP contribution in [0, 0.1) is 11.3 Å². The number of rotatable bonds is 8. The van der Waals surface area contributed by atoms with Gasteiger partial charge in [-0.2, -0.15) is 10.2 Å². The number of anilines is 1. The zero-order valence-corrected chi connectivity index (χ0v) is 15.5. The zero-order chi connectivity index (χ0) is 19.1. The summed E-state index contributed by atoms with van der Waals surface area (Å²) >= 11 is 0. The van der Waals surface area contributed by atoms with Crippen molar-refractivity contribution in [3.8, 4) is 23.3 Å². The predicted octanol–water partition coefficient (Wildman–Crippen LogP) is 2.35. The number of oxazole rings is 1. The number of likely N-dealkylation sites (N-methyl/N-ethyl adjacent to an activating group) is 1. The molecule has 2 aromatic carbocycles. The van der Waals surface area contributed by atoms with E-state index in [1.807, 2.05) is 54.6 Å². The summed E-state index contributed by atoms with van der Waals surface area (Å²) in [7, 11) is 4.14. The van der Waals surface area contributed by atoms with E-state index in [9.17, 15) is 5.26 Å². The molecule has 0 saturated heterocycles. The molecule has 0 saturated carbocycles. The first kappa shape index (κ1) is 18.5. The number of nitrogens with zero attached hydrogens (tertiary/aromatic N) is 2. The maximum absolute atomic E-state index is 9.27. The Labute approximate surface area is 159 Å². The molecule has 6 heteroatoms. The van der Waals surface area contributed by atoms with Gasteiger partial charge in [0, 0.05) is 5.56 Å². The molecule has 0 fully saturated rings. The van der Waals surface area contributed by atoms with Crippen molar-refractivity contribution in [1.82, 2.24) is 4.98 Å². The van der Waals surface area contributed by atoms with E-state index in [1.54, 1.807) is 0 Å². The van der Waals surface area contributed by atoms with Gasteiger partial charge in [-0.25, -0.2) is 0 Å². The molecule has 0 spiro atoms. The predicted molar refractivity (Wildman–Crippen MR) is 104 cm³/mol. The Morgan fingerprint density at radius 1 is 1.11 bits per heavy atom. The van der Waals surface area contributed by atoms with Crippen LogP contribution in [0.25, 0.3) is 11.5 Å². The molecule has 3 rings (SSSR count). The number of ether oxygens (including phenoxy) is 1. The van der Waals surface area contributed by atoms with Gasteiger partial charge in [0.1, 0.15) is 18.4 Å². The summed E-state index contributed by atoms with van der Waals surface area (Å²) in [5.74, 6) is 1.60. The van der Waals surface area contributed by atoms with E-state index in [1.165, 1.54) is 4.90 Å². The molecular weight excluding hydrogens is 340 g/mol. The van der Waals surface area contributed by atoms with Gasteiger partial charge in [0.15, 0.2) is 0 Å². The highest BCUT2D eigenvalue weighted by molar-refractivity contribution is 5.59. The first-order valence-electron chi connectivity index (χ1n) is 8.86. The Morgan fingerprint density at radius 3 is 2.52 bits per heavy atom. The molecule has 2 N–H and O–H groups in total. The molecule has 0 bridgehead atoms. The first-order valence-corrected chi connectivity index (χ1v) is 8.86. The van der Waals surface area contributed by atoms with E-state index < -0.39 is 0 Å². The lowest BCUT2D eigenvalue weighted by Gasteiger charge is -2.07. The summed E-state index contributed by atoms with van der Waals surface area (Å²) in [6, 6.07) is 19.6. The minimum atomic E-state index is 0.267. The van der Waals surface area contributed by atoms with Crippen LogP contribution in [0.5, 0.6) is 5.75 Å². The number of benzene rings is 2. The fourth-order valence-electron chi connectivity index (χ4n) is 2.50. The Balaban J connectivity index is 1.66. The summed E-state index contributed by atoms with van der Waals surface area (Å²) in [5.41, 5.74) is 2.18. The second-order valence-corrected chi connectivity index (χ2v) is 6.49. The van der Waals surface area contributed by atoms with Crippen LogP contribution >= 0.6 is 0 Å². The third kappa shape index (κ3) is 5.09. The van der Waals surface area contributed by atoms with Crippen molar-refractivity contribution in [3.05, 3.63) is 65.9 Å². The molecule has 1 heterocycles. The van der Waals surface area contributed by atoms with Crippen molar-refractivity contribution in [2.75, 3.05) is 32.5 Å². The zero-order valence-electron chi connectivity index (χ0n) is 15.5. The number of nitrogens with one attached hydrogen (secondary N) is 2. The monoisotopic (exact) mass is 363 g/mol. The minimum absolute atomic E-state index is 0.267. The second kappa shape index (κ2) is 8.88. The SMILES string of the molecule is C[NH+](C)CCNc1oc(-c2ccc(OCc3ccccc3)cc2)nc1C#N. The van der Waals surface area contributed by atoms with Crippen LogP contribution in [0.4, 0.5) is 5.88 Å². The maximum atomic E-state index is 9.27. The Morgan fingerprint density at radius 2 is 1.85 bits per heavy atom. The smallest absolute Gasteiger partial charge is 0.232 e. The van der Waals surface area contributed by atoms with E-state index in [2.05, 4.69) is 30.5 Å². The normalized spacial score (nSPS) is 10.6. The quantitative estimate of drug-likeness (QED) is 0.643. The molecule has 0 aliphatic heterocycles. The number of quaternary nitrogens is 1. The summed E-state index contributed by atoms with van der Waals surface area (Å²) in [5, 5.41) is 12.4. The molecule has 1 aromatic heterocycles. The van der Waals surface area contributed by atoms with Crippen LogP contribution in [0.1, 0.15) is 11.3 Å². The van der Waals surface area contributed by atoms with Crippen LogP contribution in [0.15, 0.2) is 59.0 Å². The van der Waals surface area contributed by atoms with Gasteiger partial charge >= 0.3 is 0 Å². The molecule has 0 unspecified atom stereocenters. The molecule has 0 aliphatic carbocycles. The van der Waals surface area contributed by atoms with Crippen molar-refractivity contribution in [3.63, 3.8) is 0 Å². The van der Waals surface area contributed by atoms with Crippen LogP contribution in [0.3, 0.4) is 0 Å². The Kier molecular flexibility index (Phi) is 6.08. The van der Waals surface area contributed by atoms with Crippen molar-refractivity contribution in [2.45, 2.75) is 6.61 Å². The van der Waals surface area contributed by atoms with Crippen LogP contribution in [-0.4, -0.2) is 32.2 Å². The topological polar surface area (TPSA) is 75.5 Å². The molecule has 0 atom stereocenters. The van der Waals surface area contributed by atoms with E-state index in [0.29, 0.717) is 24.9 Å². The van der Waals surface area contributed by atoms with Gasteiger partial charge in [0.25, 0.3) is 0 Å². The van der Waals surface area contributed by atoms with E-state index in [4.69, 9.17) is 9.15 Å². The van der Waals surface area contributed by atoms with Crippen LogP contribution < -0.4 is 15.0 Å². The molecule has 0 aliphatic rings. The summed E-state index contributed by atoms with van der Waals surface area (Å²) < 4.78 is 11.5. The summed E-state index contributed by atoms with van der Waals surface area (Å²) in [6.45, 7) is 2.13. The van der Waals surface area contributed by atoms with Gasteiger partial charge in [0.2, 0.25) is 17.5 Å². The third-order valence-electron chi connectivity index (χ3n) is 3.99. The standard InChI is InChI=1S/C21H22N4O2/c1-25(2)13-12-23-21-19(14-22)24-20(27-21)17-8-10-18(11-9-17)26-15-16-6-4-3-5-7-16/h3-11,23H,12-13,15H2,1-2H3/p+1. The lowest BCUT2D eigenvalue weighted by molar-refractivity contribution is -0.856. The molecular formula is C21H23N4O2+. The lowest BCUT2D eigenvalue weighted by atomic mass is 10.2. The van der Waals surface area contributed by atoms with Crippen molar-refractivity contribution < 1.29 is 14.1 Å². The molecule has 3 aromatic rings. The van der Waals surface area contributed by atoms with Gasteiger partial charge < -0.3 is 19.4 Å². The van der Waals surface area contributed by atoms with Gasteiger partial charge in [-0.05, 0) is 29.8 Å². The highest BCUT2D eigenvalue weighted by atomic mass is 16.5. The summed E-state index contributed by atoms with van der Waals surface area (Å²) in [4.78, 5) is 5.59. The van der Waals surface area contributed by atoms with Gasteiger partial charge in [-0.1, -0.05) is 30.3 Å². The van der Waals surface area contributed by atoms with Gasteiger partial charge in [0.05, 0.1) is 27.2 Å². The van der Waals surface area contributed by atoms with Crippen molar-refractivity contribution in [1.29, 1.82) is 5.26 Å². The largest absolute Gasteiger partial charge is 0.489 e. The highest BCUT2D eigenvalue weighted by Gasteiger charge is 2.14. The Hall–Kier alpha value is -3.30. The van der Waals surface area contributed by atoms with E-state index in [0.717, 1.165) is 23.4 Å². The average molecular weight is 363 g/mol. The molecule has 0 amide bonds. The number of nitriles is 1. The Bertz CT molecular complexity index is 896. The average Bonchev–Trinajstić information content (AvgIpc) is 3.10. The van der Waals surface area contributed by atoms with Gasteiger partial charge in [-0.3, -0.25) is 0 Å². The molecule has 6 nitrogen and oxygen atoms in total. The lowest BCUT2D eigenvalue weighted by Crippen LogP contribution is -3.06. The number of aromatic nitrogens is 1.